The van der Waals surface area contributed by atoms with E-state index in [1.165, 1.54) is 7.11 Å². The van der Waals surface area contributed by atoms with Gasteiger partial charge in [-0.1, -0.05) is 27.2 Å². The third-order valence-corrected chi connectivity index (χ3v) is 6.35. The van der Waals surface area contributed by atoms with Crippen LogP contribution in [0.15, 0.2) is 12.1 Å². The third kappa shape index (κ3) is 5.47. The van der Waals surface area contributed by atoms with E-state index in [0.29, 0.717) is 23.7 Å². The molecule has 1 saturated heterocycles. The minimum absolute atomic E-state index is 0.0834. The van der Waals surface area contributed by atoms with E-state index in [9.17, 15) is 14.7 Å². The van der Waals surface area contributed by atoms with Crippen LogP contribution in [-0.4, -0.2) is 54.2 Å². The van der Waals surface area contributed by atoms with E-state index in [2.05, 4.69) is 20.8 Å². The number of ether oxygens (including phenoxy) is 4. The molecule has 0 bridgehead atoms. The fraction of sp³-hybridized carbons (Fsp3) is 0.680. The molecule has 1 aromatic carbocycles. The Bertz CT molecular complexity index is 889. The number of rotatable bonds is 7. The van der Waals surface area contributed by atoms with Crippen LogP contribution in [0, 0.1) is 11.3 Å². The van der Waals surface area contributed by atoms with Gasteiger partial charge in [0.2, 0.25) is 12.5 Å². The van der Waals surface area contributed by atoms with Crippen LogP contribution in [0.5, 0.6) is 17.2 Å². The maximum Gasteiger partial charge on any atom is 0.410 e. The van der Waals surface area contributed by atoms with Crippen LogP contribution in [0.25, 0.3) is 0 Å². The first-order chi connectivity index (χ1) is 15.4. The number of nitrogens with zero attached hydrogens (tertiary/aromatic N) is 1. The van der Waals surface area contributed by atoms with Gasteiger partial charge in [-0.15, -0.1) is 0 Å². The lowest BCUT2D eigenvalue weighted by Crippen LogP contribution is -2.44. The van der Waals surface area contributed by atoms with Crippen LogP contribution in [0.1, 0.15) is 72.3 Å². The highest BCUT2D eigenvalue weighted by molar-refractivity contribution is 5.77. The largest absolute Gasteiger partial charge is 0.493 e. The Morgan fingerprint density at radius 3 is 2.45 bits per heavy atom. The molecule has 2 heterocycles. The van der Waals surface area contributed by atoms with E-state index in [4.69, 9.17) is 18.9 Å². The number of fused-ring (bicyclic) bond motifs is 1. The summed E-state index contributed by atoms with van der Waals surface area (Å²) in [6.45, 7) is 12.1. The Kier molecular flexibility index (Phi) is 7.05. The zero-order chi connectivity index (χ0) is 24.6. The van der Waals surface area contributed by atoms with Gasteiger partial charge in [0.05, 0.1) is 13.0 Å². The van der Waals surface area contributed by atoms with Crippen molar-refractivity contribution in [3.05, 3.63) is 17.7 Å². The zero-order valence-electron chi connectivity index (χ0n) is 20.8. The van der Waals surface area contributed by atoms with Crippen molar-refractivity contribution in [2.45, 2.75) is 78.4 Å². The number of hydrogen-bond donors (Lipinski definition) is 1. The van der Waals surface area contributed by atoms with E-state index >= 15 is 0 Å². The van der Waals surface area contributed by atoms with Crippen molar-refractivity contribution < 1.29 is 33.6 Å². The Balaban J connectivity index is 2.04. The summed E-state index contributed by atoms with van der Waals surface area (Å²) in [6.07, 6.45) is 1.99. The minimum atomic E-state index is -0.931. The van der Waals surface area contributed by atoms with Crippen LogP contribution in [-0.2, 0) is 9.53 Å². The maximum atomic E-state index is 13.2. The van der Waals surface area contributed by atoms with E-state index < -0.39 is 35.5 Å². The quantitative estimate of drug-likeness (QED) is 0.605. The molecular formula is C25H37NO7. The molecule has 1 amide bonds. The highest BCUT2D eigenvalue weighted by Crippen LogP contribution is 2.48. The molecule has 1 N–H and O–H groups in total. The summed E-state index contributed by atoms with van der Waals surface area (Å²) in [5, 5.41) is 10.3. The van der Waals surface area contributed by atoms with Crippen molar-refractivity contribution in [2.75, 3.05) is 20.4 Å². The highest BCUT2D eigenvalue weighted by atomic mass is 16.7. The minimum Gasteiger partial charge on any atom is -0.493 e. The number of likely N-dealkylation sites (tertiary alicyclic amines) is 1. The monoisotopic (exact) mass is 463 g/mol. The first-order valence-electron chi connectivity index (χ1n) is 11.6. The van der Waals surface area contributed by atoms with Gasteiger partial charge in [-0.05, 0) is 56.7 Å². The Hall–Kier alpha value is -2.64. The van der Waals surface area contributed by atoms with Gasteiger partial charge in [0.1, 0.15) is 5.60 Å². The van der Waals surface area contributed by atoms with Gasteiger partial charge in [-0.2, -0.15) is 0 Å². The Morgan fingerprint density at radius 2 is 1.88 bits per heavy atom. The predicted octanol–water partition coefficient (Wildman–Crippen LogP) is 5.04. The van der Waals surface area contributed by atoms with Gasteiger partial charge in [0.15, 0.2) is 11.5 Å². The van der Waals surface area contributed by atoms with Gasteiger partial charge >= 0.3 is 12.1 Å². The maximum absolute atomic E-state index is 13.2. The van der Waals surface area contributed by atoms with Gasteiger partial charge in [0.25, 0.3) is 0 Å². The van der Waals surface area contributed by atoms with Crippen molar-refractivity contribution in [3.8, 4) is 17.2 Å². The molecule has 0 radical (unpaired) electrons. The lowest BCUT2D eigenvalue weighted by atomic mass is 9.76. The Morgan fingerprint density at radius 1 is 1.18 bits per heavy atom. The van der Waals surface area contributed by atoms with Crippen molar-refractivity contribution in [3.63, 3.8) is 0 Å². The topological polar surface area (TPSA) is 94.5 Å². The van der Waals surface area contributed by atoms with Gasteiger partial charge in [-0.25, -0.2) is 4.79 Å². The van der Waals surface area contributed by atoms with Crippen LogP contribution in [0.3, 0.4) is 0 Å². The highest BCUT2D eigenvalue weighted by Gasteiger charge is 2.51. The summed E-state index contributed by atoms with van der Waals surface area (Å²) >= 11 is 0. The molecule has 8 heteroatoms. The summed E-state index contributed by atoms with van der Waals surface area (Å²) in [7, 11) is 1.54. The second-order valence-electron chi connectivity index (χ2n) is 10.7. The van der Waals surface area contributed by atoms with E-state index in [0.717, 1.165) is 18.4 Å². The van der Waals surface area contributed by atoms with Gasteiger partial charge in [0, 0.05) is 18.5 Å². The molecular weight excluding hydrogens is 426 g/mol. The number of carbonyl (C=O) groups is 2. The van der Waals surface area contributed by atoms with Gasteiger partial charge < -0.3 is 29.0 Å². The van der Waals surface area contributed by atoms with Gasteiger partial charge in [-0.3, -0.25) is 4.79 Å². The fourth-order valence-corrected chi connectivity index (χ4v) is 5.05. The molecule has 0 aliphatic carbocycles. The fourth-order valence-electron chi connectivity index (χ4n) is 5.05. The average Bonchev–Trinajstić information content (AvgIpc) is 3.29. The zero-order valence-corrected chi connectivity index (χ0v) is 20.8. The molecule has 8 nitrogen and oxygen atoms in total. The smallest absolute Gasteiger partial charge is 0.410 e. The average molecular weight is 464 g/mol. The number of carboxylic acid groups (broad SMARTS) is 1. The number of amides is 1. The number of hydrogen-bond acceptors (Lipinski definition) is 6. The van der Waals surface area contributed by atoms with Crippen LogP contribution >= 0.6 is 0 Å². The lowest BCUT2D eigenvalue weighted by molar-refractivity contribution is -0.143. The van der Waals surface area contributed by atoms with E-state index in [1.807, 2.05) is 20.8 Å². The molecule has 0 saturated carbocycles. The summed E-state index contributed by atoms with van der Waals surface area (Å²) in [4.78, 5) is 27.4. The van der Waals surface area contributed by atoms with Crippen molar-refractivity contribution in [1.82, 2.24) is 4.90 Å². The van der Waals surface area contributed by atoms with E-state index in [-0.39, 0.29) is 18.8 Å². The van der Waals surface area contributed by atoms with Crippen LogP contribution in [0.4, 0.5) is 4.79 Å². The summed E-state index contributed by atoms with van der Waals surface area (Å²) < 4.78 is 22.2. The lowest BCUT2D eigenvalue weighted by Gasteiger charge is -2.35. The first kappa shape index (κ1) is 25.0. The molecule has 0 unspecified atom stereocenters. The molecule has 1 fully saturated rings. The number of benzene rings is 1. The van der Waals surface area contributed by atoms with Crippen LogP contribution in [0.2, 0.25) is 0 Å². The molecule has 3 rings (SSSR count). The molecule has 2 aliphatic heterocycles. The van der Waals surface area contributed by atoms with Crippen LogP contribution < -0.4 is 14.2 Å². The summed E-state index contributed by atoms with van der Waals surface area (Å²) in [6, 6.07) is 3.10. The molecule has 33 heavy (non-hydrogen) atoms. The molecule has 0 spiro atoms. The van der Waals surface area contributed by atoms with Crippen molar-refractivity contribution >= 4 is 12.1 Å². The molecule has 2 aliphatic rings. The number of carbonyl (C=O) groups excluding carboxylic acids is 1. The molecule has 1 aromatic rings. The number of aliphatic carboxylic acids is 1. The summed E-state index contributed by atoms with van der Waals surface area (Å²) in [5.74, 6) is -0.648. The normalized spacial score (nSPS) is 22.4. The summed E-state index contributed by atoms with van der Waals surface area (Å²) in [5.41, 5.74) is -0.0679. The molecule has 3 atom stereocenters. The predicted molar refractivity (Wildman–Crippen MR) is 123 cm³/mol. The number of methoxy groups -OCH3 is 1. The second kappa shape index (κ2) is 9.31. The molecule has 0 aromatic heterocycles. The second-order valence-corrected chi connectivity index (χ2v) is 10.7. The van der Waals surface area contributed by atoms with Crippen molar-refractivity contribution in [2.24, 2.45) is 11.3 Å². The molecule has 184 valence electrons. The Labute approximate surface area is 196 Å². The van der Waals surface area contributed by atoms with E-state index in [1.54, 1.807) is 17.0 Å². The third-order valence-electron chi connectivity index (χ3n) is 6.35. The SMILES string of the molecule is CCCC(C)(C)C[C@H]1[C@H](C(=O)O)[C@@H](c2cc(OC)c3c(c2)OCO3)CN1C(=O)OC(C)(C)C. The van der Waals surface area contributed by atoms with Crippen molar-refractivity contribution in [1.29, 1.82) is 0 Å². The number of carboxylic acids is 1. The standard InChI is InChI=1S/C25H37NO7/c1-8-9-25(5,6)12-17-20(22(27)28)16(13-26(17)23(29)33-24(2,3)4)15-10-18(30-7)21-19(11-15)31-14-32-21/h10-11,16-17,20H,8-9,12-14H2,1-7H3,(H,27,28)/t16-,17+,20-/m1/s1. The first-order valence-corrected chi connectivity index (χ1v) is 11.6.